The normalized spacial score (nSPS) is 15.5. The Morgan fingerprint density at radius 3 is 2.26 bits per heavy atom. The van der Waals surface area contributed by atoms with Crippen LogP contribution in [0.1, 0.15) is 52.5 Å². The summed E-state index contributed by atoms with van der Waals surface area (Å²) in [5.74, 6) is 1.17. The molecular formula is C31H44FN3O4. The summed E-state index contributed by atoms with van der Waals surface area (Å²) in [6, 6.07) is 11.7. The third-order valence-corrected chi connectivity index (χ3v) is 6.73. The summed E-state index contributed by atoms with van der Waals surface area (Å²) in [5, 5.41) is 0. The van der Waals surface area contributed by atoms with E-state index in [1.165, 1.54) is 12.1 Å². The Balaban J connectivity index is 1.91. The van der Waals surface area contributed by atoms with Gasteiger partial charge in [0.25, 0.3) is 5.91 Å². The molecule has 214 valence electrons. The first-order chi connectivity index (χ1) is 18.7. The van der Waals surface area contributed by atoms with Gasteiger partial charge in [-0.3, -0.25) is 9.59 Å². The van der Waals surface area contributed by atoms with Gasteiger partial charge in [0.2, 0.25) is 5.91 Å². The molecule has 0 aromatic heterocycles. The van der Waals surface area contributed by atoms with Crippen molar-refractivity contribution in [2.24, 2.45) is 11.8 Å². The van der Waals surface area contributed by atoms with E-state index in [1.807, 2.05) is 26.0 Å². The number of amides is 2. The summed E-state index contributed by atoms with van der Waals surface area (Å²) < 4.78 is 25.7. The molecule has 0 radical (unpaired) electrons. The number of rotatable bonds is 8. The quantitative estimate of drug-likeness (QED) is 0.450. The van der Waals surface area contributed by atoms with Gasteiger partial charge in [-0.25, -0.2) is 4.39 Å². The third-order valence-electron chi connectivity index (χ3n) is 6.73. The first-order valence-corrected chi connectivity index (χ1v) is 14.0. The molecule has 1 aliphatic heterocycles. The molecule has 1 aliphatic rings. The molecule has 0 saturated heterocycles. The van der Waals surface area contributed by atoms with E-state index in [0.29, 0.717) is 48.2 Å². The number of methoxy groups -OCH3 is 1. The molecule has 0 spiro atoms. The number of hydrogen-bond donors (Lipinski definition) is 0. The number of para-hydroxylation sites is 2. The second-order valence-electron chi connectivity index (χ2n) is 11.1. The maximum Gasteiger partial charge on any atom is 0.260 e. The van der Waals surface area contributed by atoms with Crippen LogP contribution in [0.25, 0.3) is 0 Å². The van der Waals surface area contributed by atoms with Gasteiger partial charge in [-0.1, -0.05) is 39.8 Å². The van der Waals surface area contributed by atoms with Gasteiger partial charge in [-0.15, -0.1) is 0 Å². The summed E-state index contributed by atoms with van der Waals surface area (Å²) in [4.78, 5) is 32.8. The van der Waals surface area contributed by atoms with Gasteiger partial charge in [0.15, 0.2) is 18.1 Å². The lowest BCUT2D eigenvalue weighted by Crippen LogP contribution is -2.41. The molecule has 1 heterocycles. The van der Waals surface area contributed by atoms with Crippen molar-refractivity contribution in [1.29, 1.82) is 0 Å². The van der Waals surface area contributed by atoms with E-state index in [-0.39, 0.29) is 30.9 Å². The smallest absolute Gasteiger partial charge is 0.260 e. The van der Waals surface area contributed by atoms with Crippen LogP contribution in [0.3, 0.4) is 0 Å². The van der Waals surface area contributed by atoms with Crippen molar-refractivity contribution in [2.45, 2.75) is 53.5 Å². The van der Waals surface area contributed by atoms with E-state index >= 15 is 0 Å². The van der Waals surface area contributed by atoms with Gasteiger partial charge in [0, 0.05) is 38.3 Å². The summed E-state index contributed by atoms with van der Waals surface area (Å²) in [5.41, 5.74) is 1.29. The SMILES string of the molecule is COc1ccccc1OCC(=O)N1CCCN(CC(C)C)CCCN(C(=O)CC(C)C)c2ccc(F)cc2C1. The average molecular weight is 542 g/mol. The number of hydrogen-bond acceptors (Lipinski definition) is 5. The van der Waals surface area contributed by atoms with Crippen molar-refractivity contribution in [2.75, 3.05) is 51.3 Å². The largest absolute Gasteiger partial charge is 0.493 e. The topological polar surface area (TPSA) is 62.3 Å². The van der Waals surface area contributed by atoms with Crippen LogP contribution in [0.15, 0.2) is 42.5 Å². The molecule has 2 aromatic carbocycles. The van der Waals surface area contributed by atoms with Gasteiger partial charge in [-0.2, -0.15) is 0 Å². The molecule has 0 bridgehead atoms. The zero-order valence-electron chi connectivity index (χ0n) is 24.1. The fourth-order valence-electron chi connectivity index (χ4n) is 5.00. The van der Waals surface area contributed by atoms with Crippen molar-refractivity contribution in [3.63, 3.8) is 0 Å². The highest BCUT2D eigenvalue weighted by Gasteiger charge is 2.24. The number of carbonyl (C=O) groups excluding carboxylic acids is 2. The Labute approximate surface area is 232 Å². The summed E-state index contributed by atoms with van der Waals surface area (Å²) in [6.45, 7) is 12.1. The molecule has 8 heteroatoms. The van der Waals surface area contributed by atoms with Gasteiger partial charge >= 0.3 is 0 Å². The number of benzene rings is 2. The Morgan fingerprint density at radius 2 is 1.59 bits per heavy atom. The molecule has 0 saturated carbocycles. The van der Waals surface area contributed by atoms with Crippen LogP contribution in [0.5, 0.6) is 11.5 Å². The molecule has 2 amide bonds. The highest BCUT2D eigenvalue weighted by atomic mass is 19.1. The lowest BCUT2D eigenvalue weighted by Gasteiger charge is -2.32. The molecule has 0 aliphatic carbocycles. The van der Waals surface area contributed by atoms with Crippen molar-refractivity contribution < 1.29 is 23.5 Å². The third kappa shape index (κ3) is 9.24. The summed E-state index contributed by atoms with van der Waals surface area (Å²) in [6.07, 6.45) is 2.01. The van der Waals surface area contributed by atoms with Gasteiger partial charge in [0.05, 0.1) is 7.11 Å². The number of fused-ring (bicyclic) bond motifs is 1. The second-order valence-corrected chi connectivity index (χ2v) is 11.1. The van der Waals surface area contributed by atoms with Gasteiger partial charge in [-0.05, 0) is 73.7 Å². The first-order valence-electron chi connectivity index (χ1n) is 14.0. The fourth-order valence-corrected chi connectivity index (χ4v) is 5.00. The molecule has 0 N–H and O–H groups in total. The highest BCUT2D eigenvalue weighted by molar-refractivity contribution is 5.94. The zero-order valence-corrected chi connectivity index (χ0v) is 24.1. The predicted molar refractivity (Wildman–Crippen MR) is 153 cm³/mol. The molecule has 0 unspecified atom stereocenters. The van der Waals surface area contributed by atoms with Crippen LogP contribution >= 0.6 is 0 Å². The summed E-state index contributed by atoms with van der Waals surface area (Å²) in [7, 11) is 1.56. The van der Waals surface area contributed by atoms with Crippen molar-refractivity contribution >= 4 is 17.5 Å². The van der Waals surface area contributed by atoms with E-state index in [4.69, 9.17) is 9.47 Å². The molecular weight excluding hydrogens is 497 g/mol. The van der Waals surface area contributed by atoms with E-state index < -0.39 is 5.82 Å². The number of halogens is 1. The Hall–Kier alpha value is -3.13. The van der Waals surface area contributed by atoms with E-state index in [2.05, 4.69) is 18.7 Å². The van der Waals surface area contributed by atoms with Crippen LogP contribution in [0, 0.1) is 17.7 Å². The lowest BCUT2D eigenvalue weighted by atomic mass is 10.1. The molecule has 3 rings (SSSR count). The Bertz CT molecular complexity index is 1090. The Morgan fingerprint density at radius 1 is 0.897 bits per heavy atom. The lowest BCUT2D eigenvalue weighted by molar-refractivity contribution is -0.134. The maximum absolute atomic E-state index is 14.5. The van der Waals surface area contributed by atoms with Gasteiger partial charge < -0.3 is 24.2 Å². The standard InChI is InChI=1S/C31H44FN3O4/c1-23(2)18-30(36)35-17-9-15-33(20-24(3)4)14-8-16-34(21-25-19-26(32)12-13-27(25)35)31(37)22-39-29-11-7-6-10-28(29)38-5/h6-7,10-13,19,23-24H,8-9,14-18,20-22H2,1-5H3. The fraction of sp³-hybridized carbons (Fsp3) is 0.548. The van der Waals surface area contributed by atoms with Crippen LogP contribution in [0.2, 0.25) is 0 Å². The predicted octanol–water partition coefficient (Wildman–Crippen LogP) is 5.37. The second kappa shape index (κ2) is 14.9. The van der Waals surface area contributed by atoms with Crippen LogP contribution in [-0.2, 0) is 16.1 Å². The van der Waals surface area contributed by atoms with E-state index in [0.717, 1.165) is 32.5 Å². The number of carbonyl (C=O) groups is 2. The minimum absolute atomic E-state index is 0.0164. The highest BCUT2D eigenvalue weighted by Crippen LogP contribution is 2.28. The summed E-state index contributed by atoms with van der Waals surface area (Å²) >= 11 is 0. The minimum Gasteiger partial charge on any atom is -0.493 e. The van der Waals surface area contributed by atoms with Gasteiger partial charge in [0.1, 0.15) is 5.82 Å². The van der Waals surface area contributed by atoms with Crippen LogP contribution in [0.4, 0.5) is 10.1 Å². The molecule has 0 atom stereocenters. The molecule has 7 nitrogen and oxygen atoms in total. The van der Waals surface area contributed by atoms with E-state index in [1.54, 1.807) is 35.1 Å². The molecule has 0 fully saturated rings. The van der Waals surface area contributed by atoms with Crippen molar-refractivity contribution in [3.8, 4) is 11.5 Å². The maximum atomic E-state index is 14.5. The number of ether oxygens (including phenoxy) is 2. The van der Waals surface area contributed by atoms with Crippen molar-refractivity contribution in [1.82, 2.24) is 9.80 Å². The number of nitrogens with zero attached hydrogens (tertiary/aromatic N) is 3. The Kier molecular flexibility index (Phi) is 11.6. The first kappa shape index (κ1) is 30.4. The number of anilines is 1. The molecule has 39 heavy (non-hydrogen) atoms. The molecule has 2 aromatic rings. The van der Waals surface area contributed by atoms with E-state index in [9.17, 15) is 14.0 Å². The monoisotopic (exact) mass is 541 g/mol. The van der Waals surface area contributed by atoms with Crippen molar-refractivity contribution in [3.05, 3.63) is 53.8 Å². The van der Waals surface area contributed by atoms with Crippen LogP contribution < -0.4 is 14.4 Å². The van der Waals surface area contributed by atoms with Crippen LogP contribution in [-0.4, -0.2) is 68.1 Å². The average Bonchev–Trinajstić information content (AvgIpc) is 2.88. The zero-order chi connectivity index (χ0) is 28.4. The minimum atomic E-state index is -0.391.